The topological polar surface area (TPSA) is 94.6 Å². The van der Waals surface area contributed by atoms with Gasteiger partial charge in [0.25, 0.3) is 0 Å². The number of carbonyl (C=O) groups excluding carboxylic acids is 1. The van der Waals surface area contributed by atoms with Gasteiger partial charge in [-0.2, -0.15) is 5.10 Å². The molecule has 0 aliphatic carbocycles. The summed E-state index contributed by atoms with van der Waals surface area (Å²) in [6.07, 6.45) is 9.85. The number of amides is 1. The van der Waals surface area contributed by atoms with Crippen LogP contribution in [0.15, 0.2) is 37.2 Å². The van der Waals surface area contributed by atoms with Crippen molar-refractivity contribution in [2.45, 2.75) is 38.1 Å². The van der Waals surface area contributed by atoms with Crippen molar-refractivity contribution in [3.05, 3.63) is 54.4 Å². The molecule has 0 radical (unpaired) electrons. The number of nitrogens with zero attached hydrogens (tertiary/aromatic N) is 8. The molecular weight excluding hydrogens is 356 g/mol. The molecule has 1 fully saturated rings. The summed E-state index contributed by atoms with van der Waals surface area (Å²) < 4.78 is 3.78. The number of piperidine rings is 1. The monoisotopic (exact) mass is 380 g/mol. The lowest BCUT2D eigenvalue weighted by molar-refractivity contribution is -0.132. The van der Waals surface area contributed by atoms with E-state index in [2.05, 4.69) is 25.3 Å². The van der Waals surface area contributed by atoms with Crippen molar-refractivity contribution in [1.29, 1.82) is 0 Å². The van der Waals surface area contributed by atoms with Crippen molar-refractivity contribution >= 4 is 5.91 Å². The van der Waals surface area contributed by atoms with Crippen molar-refractivity contribution in [2.24, 2.45) is 7.05 Å². The zero-order chi connectivity index (χ0) is 19.3. The lowest BCUT2D eigenvalue weighted by Gasteiger charge is -2.31. The van der Waals surface area contributed by atoms with Crippen LogP contribution < -0.4 is 0 Å². The molecule has 4 heterocycles. The van der Waals surface area contributed by atoms with Crippen LogP contribution in [0.1, 0.15) is 42.4 Å². The summed E-state index contributed by atoms with van der Waals surface area (Å²) in [5.74, 6) is 2.38. The molecule has 28 heavy (non-hydrogen) atoms. The number of carbonyl (C=O) groups is 1. The Morgan fingerprint density at radius 3 is 2.79 bits per heavy atom. The number of likely N-dealkylation sites (tertiary alicyclic amines) is 1. The van der Waals surface area contributed by atoms with Gasteiger partial charge in [-0.3, -0.25) is 9.78 Å². The highest BCUT2D eigenvalue weighted by Crippen LogP contribution is 2.27. The van der Waals surface area contributed by atoms with E-state index in [-0.39, 0.29) is 5.91 Å². The van der Waals surface area contributed by atoms with Gasteiger partial charge in [-0.25, -0.2) is 9.67 Å². The zero-order valence-electron chi connectivity index (χ0n) is 16.0. The molecule has 0 bridgehead atoms. The third kappa shape index (κ3) is 4.08. The van der Waals surface area contributed by atoms with Gasteiger partial charge in [0.05, 0.1) is 0 Å². The van der Waals surface area contributed by atoms with Crippen LogP contribution in [0.2, 0.25) is 0 Å². The van der Waals surface area contributed by atoms with Crippen LogP contribution in [0.5, 0.6) is 0 Å². The molecule has 9 heteroatoms. The van der Waals surface area contributed by atoms with Gasteiger partial charge in [-0.15, -0.1) is 10.2 Å². The second-order valence-electron chi connectivity index (χ2n) is 7.14. The van der Waals surface area contributed by atoms with Crippen LogP contribution in [-0.2, 0) is 24.8 Å². The number of hydrogen-bond donors (Lipinski definition) is 0. The Morgan fingerprint density at radius 2 is 2.07 bits per heavy atom. The van der Waals surface area contributed by atoms with Gasteiger partial charge in [0.15, 0.2) is 5.82 Å². The quantitative estimate of drug-likeness (QED) is 0.637. The molecule has 1 aliphatic heterocycles. The van der Waals surface area contributed by atoms with Crippen molar-refractivity contribution < 1.29 is 4.79 Å². The van der Waals surface area contributed by atoms with E-state index in [0.717, 1.165) is 49.6 Å². The highest BCUT2D eigenvalue weighted by atomic mass is 16.2. The zero-order valence-corrected chi connectivity index (χ0v) is 16.0. The Bertz CT molecular complexity index is 897. The molecule has 9 nitrogen and oxygen atoms in total. The number of rotatable bonds is 6. The first-order valence-electron chi connectivity index (χ1n) is 9.58. The van der Waals surface area contributed by atoms with Gasteiger partial charge in [-0.05, 0) is 30.9 Å². The number of pyridine rings is 1. The van der Waals surface area contributed by atoms with E-state index < -0.39 is 0 Å². The summed E-state index contributed by atoms with van der Waals surface area (Å²) in [5, 5.41) is 12.8. The smallest absolute Gasteiger partial charge is 0.222 e. The molecule has 4 rings (SSSR count). The first-order chi connectivity index (χ1) is 13.7. The maximum atomic E-state index is 12.5. The van der Waals surface area contributed by atoms with Gasteiger partial charge < -0.3 is 9.47 Å². The standard InChI is InChI=1S/C19H24N8O/c1-25-17(12-27-14-21-13-22-27)23-24-19(25)16-6-9-26(10-7-16)18(28)5-4-15-3-2-8-20-11-15/h2-3,8,11,13-14,16H,4-7,9-10,12H2,1H3. The Labute approximate surface area is 163 Å². The molecule has 146 valence electrons. The lowest BCUT2D eigenvalue weighted by Crippen LogP contribution is -2.38. The molecule has 0 unspecified atom stereocenters. The van der Waals surface area contributed by atoms with E-state index >= 15 is 0 Å². The highest BCUT2D eigenvalue weighted by Gasteiger charge is 2.27. The Morgan fingerprint density at radius 1 is 1.21 bits per heavy atom. The lowest BCUT2D eigenvalue weighted by atomic mass is 9.95. The van der Waals surface area contributed by atoms with Crippen molar-refractivity contribution in [3.63, 3.8) is 0 Å². The van der Waals surface area contributed by atoms with Crippen LogP contribution in [0, 0.1) is 0 Å². The van der Waals surface area contributed by atoms with E-state index in [0.29, 0.717) is 18.9 Å². The molecule has 3 aromatic rings. The predicted octanol–water partition coefficient (Wildman–Crippen LogP) is 1.19. The number of hydrogen-bond acceptors (Lipinski definition) is 6. The van der Waals surface area contributed by atoms with Gasteiger partial charge in [0.2, 0.25) is 5.91 Å². The maximum absolute atomic E-state index is 12.5. The van der Waals surface area contributed by atoms with Crippen LogP contribution in [-0.4, -0.2) is 58.4 Å². The first-order valence-corrected chi connectivity index (χ1v) is 9.58. The summed E-state index contributed by atoms with van der Waals surface area (Å²) >= 11 is 0. The fourth-order valence-corrected chi connectivity index (χ4v) is 3.67. The summed E-state index contributed by atoms with van der Waals surface area (Å²) in [6, 6.07) is 3.92. The minimum absolute atomic E-state index is 0.215. The Kier molecular flexibility index (Phi) is 5.41. The molecule has 1 aliphatic rings. The van der Waals surface area contributed by atoms with Gasteiger partial charge >= 0.3 is 0 Å². The van der Waals surface area contributed by atoms with E-state index in [9.17, 15) is 4.79 Å². The normalized spacial score (nSPS) is 15.1. The van der Waals surface area contributed by atoms with Crippen molar-refractivity contribution in [2.75, 3.05) is 13.1 Å². The number of aromatic nitrogens is 7. The fourth-order valence-electron chi connectivity index (χ4n) is 3.67. The number of aryl methyl sites for hydroxylation is 1. The third-order valence-electron chi connectivity index (χ3n) is 5.33. The van der Waals surface area contributed by atoms with Gasteiger partial charge in [0.1, 0.15) is 25.0 Å². The fraction of sp³-hybridized carbons (Fsp3) is 0.474. The second kappa shape index (κ2) is 8.28. The van der Waals surface area contributed by atoms with Gasteiger partial charge in [-0.1, -0.05) is 6.07 Å². The van der Waals surface area contributed by atoms with E-state index in [1.54, 1.807) is 17.2 Å². The van der Waals surface area contributed by atoms with Crippen LogP contribution in [0.3, 0.4) is 0 Å². The largest absolute Gasteiger partial charge is 0.343 e. The average Bonchev–Trinajstić information content (AvgIpc) is 3.38. The molecule has 3 aromatic heterocycles. The van der Waals surface area contributed by atoms with E-state index in [1.807, 2.05) is 34.8 Å². The molecule has 0 N–H and O–H groups in total. The van der Waals surface area contributed by atoms with Crippen LogP contribution in [0.4, 0.5) is 0 Å². The maximum Gasteiger partial charge on any atom is 0.222 e. The minimum Gasteiger partial charge on any atom is -0.343 e. The first kappa shape index (κ1) is 18.3. The molecule has 0 saturated carbocycles. The molecule has 1 saturated heterocycles. The van der Waals surface area contributed by atoms with E-state index in [4.69, 9.17) is 0 Å². The predicted molar refractivity (Wildman–Crippen MR) is 101 cm³/mol. The van der Waals surface area contributed by atoms with Gasteiger partial charge in [0, 0.05) is 44.9 Å². The Hall–Kier alpha value is -3.10. The SMILES string of the molecule is Cn1c(Cn2cncn2)nnc1C1CCN(C(=O)CCc2cccnc2)CC1. The Balaban J connectivity index is 1.30. The highest BCUT2D eigenvalue weighted by molar-refractivity contribution is 5.76. The molecule has 0 aromatic carbocycles. The molecule has 0 spiro atoms. The second-order valence-corrected chi connectivity index (χ2v) is 7.14. The average molecular weight is 380 g/mol. The van der Waals surface area contributed by atoms with Crippen molar-refractivity contribution in [1.82, 2.24) is 39.4 Å². The minimum atomic E-state index is 0.215. The molecular formula is C19H24N8O. The molecule has 0 atom stereocenters. The van der Waals surface area contributed by atoms with E-state index in [1.165, 1.54) is 6.33 Å². The summed E-state index contributed by atoms with van der Waals surface area (Å²) in [4.78, 5) is 22.6. The third-order valence-corrected chi connectivity index (χ3v) is 5.33. The summed E-state index contributed by atoms with van der Waals surface area (Å²) in [6.45, 7) is 2.08. The van der Waals surface area contributed by atoms with Crippen molar-refractivity contribution in [3.8, 4) is 0 Å². The van der Waals surface area contributed by atoms with Crippen LogP contribution >= 0.6 is 0 Å². The van der Waals surface area contributed by atoms with Crippen LogP contribution in [0.25, 0.3) is 0 Å². The molecule has 1 amide bonds. The summed E-state index contributed by atoms with van der Waals surface area (Å²) in [5.41, 5.74) is 1.10. The summed E-state index contributed by atoms with van der Waals surface area (Å²) in [7, 11) is 1.99.